The lowest BCUT2D eigenvalue weighted by Gasteiger charge is -1.83. The van der Waals surface area contributed by atoms with Crippen LogP contribution in [-0.4, -0.2) is 4.98 Å². The Bertz CT molecular complexity index is 384. The number of rotatable bonds is 1. The second-order valence-corrected chi connectivity index (χ2v) is 3.03. The summed E-state index contributed by atoms with van der Waals surface area (Å²) in [5.74, 6) is 0.730. The molecule has 0 saturated heterocycles. The monoisotopic (exact) mass is 167 g/mol. The van der Waals surface area contributed by atoms with Crippen LogP contribution in [0.2, 0.25) is 0 Å². The van der Waals surface area contributed by atoms with E-state index in [2.05, 4.69) is 4.98 Å². The highest BCUT2D eigenvalue weighted by Gasteiger charge is 2.01. The predicted octanol–water partition coefficient (Wildman–Crippen LogP) is 1.70. The van der Waals surface area contributed by atoms with Crippen molar-refractivity contribution in [2.24, 2.45) is 0 Å². The molecule has 0 aliphatic heterocycles. The summed E-state index contributed by atoms with van der Waals surface area (Å²) < 4.78 is 5.08. The van der Waals surface area contributed by atoms with Crippen LogP contribution in [0, 0.1) is 0 Å². The van der Waals surface area contributed by atoms with Crippen LogP contribution in [0.15, 0.2) is 33.8 Å². The Morgan fingerprint density at radius 1 is 1.55 bits per heavy atom. The zero-order valence-corrected chi connectivity index (χ0v) is 6.35. The third-order valence-electron chi connectivity index (χ3n) is 1.29. The predicted molar refractivity (Wildman–Crippen MR) is 42.6 cm³/mol. The van der Waals surface area contributed by atoms with Crippen molar-refractivity contribution in [3.05, 3.63) is 34.3 Å². The maximum atomic E-state index is 10.7. The molecule has 2 aromatic rings. The van der Waals surface area contributed by atoms with Gasteiger partial charge in [-0.25, -0.2) is 0 Å². The molecule has 1 N–H and O–H groups in total. The van der Waals surface area contributed by atoms with Gasteiger partial charge in [0.05, 0.1) is 11.1 Å². The lowest BCUT2D eigenvalue weighted by atomic mass is 10.4. The van der Waals surface area contributed by atoms with Crippen LogP contribution in [0.5, 0.6) is 0 Å². The second kappa shape index (κ2) is 2.39. The first-order chi connectivity index (χ1) is 5.36. The largest absolute Gasteiger partial charge is 0.463 e. The summed E-state index contributed by atoms with van der Waals surface area (Å²) in [6.07, 6.45) is 3.23. The van der Waals surface area contributed by atoms with Crippen molar-refractivity contribution in [2.45, 2.75) is 0 Å². The van der Waals surface area contributed by atoms with Gasteiger partial charge in [0.25, 0.3) is 0 Å². The summed E-state index contributed by atoms with van der Waals surface area (Å²) >= 11 is 1.14. The molecule has 0 aliphatic rings. The Hall–Kier alpha value is -1.29. The topological polar surface area (TPSA) is 46.0 Å². The Morgan fingerprint density at radius 2 is 2.45 bits per heavy atom. The molecule has 0 amide bonds. The lowest BCUT2D eigenvalue weighted by molar-refractivity contribution is 0.583. The van der Waals surface area contributed by atoms with E-state index in [0.29, 0.717) is 0 Å². The molecule has 2 rings (SSSR count). The highest BCUT2D eigenvalue weighted by Crippen LogP contribution is 2.20. The van der Waals surface area contributed by atoms with Crippen LogP contribution in [-0.2, 0) is 0 Å². The first-order valence-corrected chi connectivity index (χ1v) is 3.90. The molecule has 2 aromatic heterocycles. The van der Waals surface area contributed by atoms with Crippen molar-refractivity contribution in [2.75, 3.05) is 0 Å². The number of H-pyrrole nitrogens is 1. The summed E-state index contributed by atoms with van der Waals surface area (Å²) in [7, 11) is 0. The molecule has 3 nitrogen and oxygen atoms in total. The molecule has 2 heterocycles. The number of hydrogen-bond acceptors (Lipinski definition) is 3. The molecule has 0 fully saturated rings. The van der Waals surface area contributed by atoms with Crippen molar-refractivity contribution in [3.63, 3.8) is 0 Å². The van der Waals surface area contributed by atoms with E-state index in [1.165, 1.54) is 0 Å². The molecule has 0 aliphatic carbocycles. The fraction of sp³-hybridized carbons (Fsp3) is 0. The molecule has 0 spiro atoms. The fourth-order valence-electron chi connectivity index (χ4n) is 0.823. The zero-order chi connectivity index (χ0) is 7.68. The van der Waals surface area contributed by atoms with Gasteiger partial charge in [0.15, 0.2) is 0 Å². The van der Waals surface area contributed by atoms with E-state index in [-0.39, 0.29) is 4.87 Å². The summed E-state index contributed by atoms with van der Waals surface area (Å²) in [4.78, 5) is 14.0. The second-order valence-electron chi connectivity index (χ2n) is 2.02. The number of aromatic nitrogens is 1. The average molecular weight is 167 g/mol. The molecule has 11 heavy (non-hydrogen) atoms. The number of aromatic amines is 1. The Kier molecular flexibility index (Phi) is 1.40. The fourth-order valence-corrected chi connectivity index (χ4v) is 1.48. The van der Waals surface area contributed by atoms with Crippen molar-refractivity contribution in [1.82, 2.24) is 4.98 Å². The van der Waals surface area contributed by atoms with E-state index in [0.717, 1.165) is 22.0 Å². The maximum Gasteiger partial charge on any atom is 0.305 e. The molecular weight excluding hydrogens is 162 g/mol. The first-order valence-electron chi connectivity index (χ1n) is 3.08. The summed E-state index contributed by atoms with van der Waals surface area (Å²) in [5, 5.41) is 0. The first kappa shape index (κ1) is 6.42. The quantitative estimate of drug-likeness (QED) is 0.702. The van der Waals surface area contributed by atoms with E-state index in [1.54, 1.807) is 18.5 Å². The van der Waals surface area contributed by atoms with Crippen LogP contribution in [0.25, 0.3) is 10.6 Å². The molecule has 0 bridgehead atoms. The number of hydrogen-bond donors (Lipinski definition) is 1. The van der Waals surface area contributed by atoms with Crippen molar-refractivity contribution < 1.29 is 4.42 Å². The van der Waals surface area contributed by atoms with Crippen LogP contribution in [0.1, 0.15) is 0 Å². The van der Waals surface area contributed by atoms with Crippen LogP contribution >= 0.6 is 11.3 Å². The van der Waals surface area contributed by atoms with Crippen molar-refractivity contribution >= 4 is 11.3 Å². The number of nitrogens with one attached hydrogen (secondary N) is 1. The highest BCUT2D eigenvalue weighted by atomic mass is 32.1. The van der Waals surface area contributed by atoms with Crippen LogP contribution in [0.3, 0.4) is 0 Å². The van der Waals surface area contributed by atoms with Gasteiger partial charge >= 0.3 is 4.87 Å². The van der Waals surface area contributed by atoms with E-state index in [9.17, 15) is 4.79 Å². The molecule has 56 valence electrons. The van der Waals surface area contributed by atoms with Gasteiger partial charge in [-0.1, -0.05) is 11.3 Å². The lowest BCUT2D eigenvalue weighted by Crippen LogP contribution is -1.88. The average Bonchev–Trinajstić information content (AvgIpc) is 2.55. The van der Waals surface area contributed by atoms with E-state index in [4.69, 9.17) is 4.42 Å². The minimum atomic E-state index is -0.0589. The van der Waals surface area contributed by atoms with Crippen molar-refractivity contribution in [1.29, 1.82) is 0 Å². The van der Waals surface area contributed by atoms with Gasteiger partial charge in [0.1, 0.15) is 5.76 Å². The van der Waals surface area contributed by atoms with Crippen LogP contribution < -0.4 is 4.87 Å². The zero-order valence-electron chi connectivity index (χ0n) is 5.53. The molecule has 0 radical (unpaired) electrons. The van der Waals surface area contributed by atoms with E-state index in [1.807, 2.05) is 6.07 Å². The molecule has 4 heteroatoms. The minimum Gasteiger partial charge on any atom is -0.463 e. The molecule has 0 atom stereocenters. The maximum absolute atomic E-state index is 10.7. The third-order valence-corrected chi connectivity index (χ3v) is 2.13. The number of furan rings is 1. The van der Waals surface area contributed by atoms with Crippen molar-refractivity contribution in [3.8, 4) is 10.6 Å². The van der Waals surface area contributed by atoms with Gasteiger partial charge in [-0.05, 0) is 12.1 Å². The highest BCUT2D eigenvalue weighted by molar-refractivity contribution is 7.12. The normalized spacial score (nSPS) is 10.2. The van der Waals surface area contributed by atoms with E-state index >= 15 is 0 Å². The summed E-state index contributed by atoms with van der Waals surface area (Å²) in [6.45, 7) is 0. The van der Waals surface area contributed by atoms with Gasteiger partial charge < -0.3 is 9.40 Å². The molecular formula is C7H5NO2S. The van der Waals surface area contributed by atoms with Crippen LogP contribution in [0.4, 0.5) is 0 Å². The van der Waals surface area contributed by atoms with Gasteiger partial charge in [-0.2, -0.15) is 0 Å². The van der Waals surface area contributed by atoms with Gasteiger partial charge in [-0.3, -0.25) is 4.79 Å². The molecule has 0 unspecified atom stereocenters. The standard InChI is InChI=1S/C7H5NO2S/c9-7-8-4-6(11-7)5-2-1-3-10-5/h1-4H,(H,8,9). The summed E-state index contributed by atoms with van der Waals surface area (Å²) in [5.41, 5.74) is 0. The van der Waals surface area contributed by atoms with Gasteiger partial charge in [-0.15, -0.1) is 0 Å². The Morgan fingerprint density at radius 3 is 3.00 bits per heavy atom. The molecule has 0 saturated carbocycles. The van der Waals surface area contributed by atoms with Gasteiger partial charge in [0.2, 0.25) is 0 Å². The summed E-state index contributed by atoms with van der Waals surface area (Å²) in [6, 6.07) is 3.61. The Balaban J connectivity index is 2.53. The smallest absolute Gasteiger partial charge is 0.305 e. The third kappa shape index (κ3) is 1.12. The van der Waals surface area contributed by atoms with E-state index < -0.39 is 0 Å². The Labute approximate surface area is 66.3 Å². The minimum absolute atomic E-state index is 0.0589. The number of thiazole rings is 1. The SMILES string of the molecule is O=c1[nH]cc(-c2ccco2)s1. The molecule has 0 aromatic carbocycles. The van der Waals surface area contributed by atoms with Gasteiger partial charge in [0, 0.05) is 6.20 Å².